The quantitative estimate of drug-likeness (QED) is 0.878. The molecule has 2 aliphatic heterocycles. The fourth-order valence-corrected chi connectivity index (χ4v) is 3.92. The Kier molecular flexibility index (Phi) is 4.50. The number of rotatable bonds is 2. The first-order valence-electron chi connectivity index (χ1n) is 9.06. The van der Waals surface area contributed by atoms with E-state index in [-0.39, 0.29) is 22.9 Å². The van der Waals surface area contributed by atoms with Crippen molar-refractivity contribution in [1.29, 1.82) is 0 Å². The van der Waals surface area contributed by atoms with Crippen LogP contribution in [0.15, 0.2) is 29.1 Å². The number of nitrogens with one attached hydrogen (secondary N) is 1. The number of hydrogen-bond donors (Lipinski definition) is 1. The van der Waals surface area contributed by atoms with E-state index in [4.69, 9.17) is 9.47 Å². The van der Waals surface area contributed by atoms with Crippen LogP contribution in [0.3, 0.4) is 0 Å². The van der Waals surface area contributed by atoms with Gasteiger partial charge in [0.25, 0.3) is 11.5 Å². The Balaban J connectivity index is 1.56. The van der Waals surface area contributed by atoms with Gasteiger partial charge >= 0.3 is 0 Å². The van der Waals surface area contributed by atoms with E-state index < -0.39 is 5.91 Å². The molecule has 2 saturated heterocycles. The molecule has 0 radical (unpaired) electrons. The monoisotopic (exact) mass is 357 g/mol. The van der Waals surface area contributed by atoms with Crippen LogP contribution < -0.4 is 10.9 Å². The van der Waals surface area contributed by atoms with Gasteiger partial charge in [0.1, 0.15) is 0 Å². The average Bonchev–Trinajstić information content (AvgIpc) is 2.65. The number of carbonyl (C=O) groups excluding carboxylic acids is 1. The van der Waals surface area contributed by atoms with Crippen molar-refractivity contribution in [3.63, 3.8) is 0 Å². The SMILES string of the molecule is Cn1c(=O)c(C(=O)N[C@H]2CCOC3(CCOCC3)C2)nc2ccccc21. The van der Waals surface area contributed by atoms with Gasteiger partial charge in [-0.15, -0.1) is 0 Å². The van der Waals surface area contributed by atoms with Crippen molar-refractivity contribution < 1.29 is 14.3 Å². The first-order valence-corrected chi connectivity index (χ1v) is 9.06. The summed E-state index contributed by atoms with van der Waals surface area (Å²) in [7, 11) is 1.66. The molecular weight excluding hydrogens is 334 g/mol. The molecule has 0 aliphatic carbocycles. The van der Waals surface area contributed by atoms with E-state index in [1.54, 1.807) is 13.1 Å². The van der Waals surface area contributed by atoms with Gasteiger partial charge in [-0.3, -0.25) is 9.59 Å². The van der Waals surface area contributed by atoms with Crippen LogP contribution in [0.25, 0.3) is 11.0 Å². The van der Waals surface area contributed by atoms with Crippen LogP contribution in [0.1, 0.15) is 36.2 Å². The molecule has 7 heteroatoms. The first-order chi connectivity index (χ1) is 12.6. The van der Waals surface area contributed by atoms with E-state index in [1.165, 1.54) is 4.57 Å². The zero-order valence-electron chi connectivity index (χ0n) is 14.9. The van der Waals surface area contributed by atoms with Crippen LogP contribution in [0.2, 0.25) is 0 Å². The molecular formula is C19H23N3O4. The highest BCUT2D eigenvalue weighted by molar-refractivity contribution is 5.94. The molecule has 138 valence electrons. The summed E-state index contributed by atoms with van der Waals surface area (Å²) in [5.74, 6) is -0.412. The van der Waals surface area contributed by atoms with Gasteiger partial charge in [-0.2, -0.15) is 0 Å². The van der Waals surface area contributed by atoms with Gasteiger partial charge in [0.2, 0.25) is 0 Å². The molecule has 0 unspecified atom stereocenters. The van der Waals surface area contributed by atoms with E-state index in [0.717, 1.165) is 25.7 Å². The Labute approximate surface area is 151 Å². The molecule has 1 spiro atoms. The van der Waals surface area contributed by atoms with Crippen molar-refractivity contribution in [3.8, 4) is 0 Å². The van der Waals surface area contributed by atoms with Crippen molar-refractivity contribution in [2.45, 2.75) is 37.3 Å². The number of para-hydroxylation sites is 2. The number of carbonyl (C=O) groups is 1. The van der Waals surface area contributed by atoms with Crippen molar-refractivity contribution in [2.24, 2.45) is 7.05 Å². The Hall–Kier alpha value is -2.25. The molecule has 1 aromatic carbocycles. The number of nitrogens with zero attached hydrogens (tertiary/aromatic N) is 2. The lowest BCUT2D eigenvalue weighted by atomic mass is 9.84. The minimum absolute atomic E-state index is 0.0210. The topological polar surface area (TPSA) is 82.5 Å². The molecule has 2 aromatic rings. The highest BCUT2D eigenvalue weighted by atomic mass is 16.5. The summed E-state index contributed by atoms with van der Waals surface area (Å²) in [5, 5.41) is 3.00. The highest BCUT2D eigenvalue weighted by Crippen LogP contribution is 2.34. The summed E-state index contributed by atoms with van der Waals surface area (Å²) in [6, 6.07) is 7.29. The maximum atomic E-state index is 12.7. The van der Waals surface area contributed by atoms with E-state index >= 15 is 0 Å². The van der Waals surface area contributed by atoms with Crippen molar-refractivity contribution in [1.82, 2.24) is 14.9 Å². The van der Waals surface area contributed by atoms with Gasteiger partial charge in [-0.25, -0.2) is 4.98 Å². The number of aryl methyl sites for hydroxylation is 1. The van der Waals surface area contributed by atoms with Crippen LogP contribution in [0.5, 0.6) is 0 Å². The lowest BCUT2D eigenvalue weighted by Crippen LogP contribution is -2.51. The lowest BCUT2D eigenvalue weighted by molar-refractivity contribution is -0.139. The van der Waals surface area contributed by atoms with Crippen molar-refractivity contribution in [3.05, 3.63) is 40.3 Å². The van der Waals surface area contributed by atoms with E-state index in [9.17, 15) is 9.59 Å². The summed E-state index contributed by atoms with van der Waals surface area (Å²) in [6.07, 6.45) is 3.17. The number of fused-ring (bicyclic) bond motifs is 1. The minimum atomic E-state index is -0.412. The summed E-state index contributed by atoms with van der Waals surface area (Å²) in [4.78, 5) is 29.6. The third-order valence-corrected chi connectivity index (χ3v) is 5.43. The van der Waals surface area contributed by atoms with Crippen molar-refractivity contribution >= 4 is 16.9 Å². The molecule has 1 atom stereocenters. The lowest BCUT2D eigenvalue weighted by Gasteiger charge is -2.43. The average molecular weight is 357 g/mol. The smallest absolute Gasteiger partial charge is 0.282 e. The van der Waals surface area contributed by atoms with E-state index in [1.807, 2.05) is 18.2 Å². The number of amides is 1. The van der Waals surface area contributed by atoms with Gasteiger partial charge in [0, 0.05) is 32.9 Å². The molecule has 26 heavy (non-hydrogen) atoms. The second kappa shape index (κ2) is 6.81. The second-order valence-corrected chi connectivity index (χ2v) is 7.12. The van der Waals surface area contributed by atoms with Crippen LogP contribution in [0, 0.1) is 0 Å². The molecule has 0 bridgehead atoms. The van der Waals surface area contributed by atoms with Crippen LogP contribution in [-0.4, -0.2) is 46.9 Å². The Bertz CT molecular complexity index is 880. The van der Waals surface area contributed by atoms with E-state index in [2.05, 4.69) is 10.3 Å². The first kappa shape index (κ1) is 17.2. The summed E-state index contributed by atoms with van der Waals surface area (Å²) in [5.41, 5.74) is 0.692. The van der Waals surface area contributed by atoms with Crippen molar-refractivity contribution in [2.75, 3.05) is 19.8 Å². The molecule has 2 aliphatic rings. The zero-order valence-corrected chi connectivity index (χ0v) is 14.9. The number of aromatic nitrogens is 2. The number of hydrogen-bond acceptors (Lipinski definition) is 5. The second-order valence-electron chi connectivity index (χ2n) is 7.12. The Morgan fingerprint density at radius 1 is 1.27 bits per heavy atom. The maximum absolute atomic E-state index is 12.7. The summed E-state index contributed by atoms with van der Waals surface area (Å²) < 4.78 is 12.9. The summed E-state index contributed by atoms with van der Waals surface area (Å²) in [6.45, 7) is 1.98. The molecule has 3 heterocycles. The molecule has 7 nitrogen and oxygen atoms in total. The predicted octanol–water partition coefficient (Wildman–Crippen LogP) is 1.39. The van der Waals surface area contributed by atoms with E-state index in [0.29, 0.717) is 30.9 Å². The largest absolute Gasteiger partial charge is 0.381 e. The molecule has 2 fully saturated rings. The van der Waals surface area contributed by atoms with Gasteiger partial charge in [-0.05, 0) is 37.8 Å². The Morgan fingerprint density at radius 3 is 2.85 bits per heavy atom. The molecule has 1 aromatic heterocycles. The van der Waals surface area contributed by atoms with Crippen LogP contribution >= 0.6 is 0 Å². The minimum Gasteiger partial charge on any atom is -0.381 e. The van der Waals surface area contributed by atoms with Gasteiger partial charge < -0.3 is 19.4 Å². The maximum Gasteiger partial charge on any atom is 0.282 e. The van der Waals surface area contributed by atoms with Gasteiger partial charge in [0.15, 0.2) is 5.69 Å². The third kappa shape index (κ3) is 3.12. The fourth-order valence-electron chi connectivity index (χ4n) is 3.92. The standard InChI is InChI=1S/C19H23N3O4/c1-22-15-5-3-2-4-14(15)21-16(18(22)24)17(23)20-13-6-9-26-19(12-13)7-10-25-11-8-19/h2-5,13H,6-12H2,1H3,(H,20,23)/t13-/m0/s1. The van der Waals surface area contributed by atoms with Gasteiger partial charge in [-0.1, -0.05) is 12.1 Å². The zero-order chi connectivity index (χ0) is 18.1. The van der Waals surface area contributed by atoms with Crippen LogP contribution in [0.4, 0.5) is 0 Å². The summed E-state index contributed by atoms with van der Waals surface area (Å²) >= 11 is 0. The normalized spacial score (nSPS) is 22.4. The van der Waals surface area contributed by atoms with Crippen LogP contribution in [-0.2, 0) is 16.5 Å². The highest BCUT2D eigenvalue weighted by Gasteiger charge is 2.39. The Morgan fingerprint density at radius 2 is 2.04 bits per heavy atom. The molecule has 1 amide bonds. The molecule has 4 rings (SSSR count). The fraction of sp³-hybridized carbons (Fsp3) is 0.526. The third-order valence-electron chi connectivity index (χ3n) is 5.43. The predicted molar refractivity (Wildman–Crippen MR) is 96.2 cm³/mol. The molecule has 0 saturated carbocycles. The molecule has 1 N–H and O–H groups in total. The number of benzene rings is 1. The van der Waals surface area contributed by atoms with Gasteiger partial charge in [0.05, 0.1) is 16.6 Å². The number of ether oxygens (including phenoxy) is 2.